The monoisotopic (exact) mass is 257 g/mol. The fraction of sp³-hybridized carbons (Fsp3) is 0.846. The zero-order chi connectivity index (χ0) is 13.9. The number of amides is 1. The summed E-state index contributed by atoms with van der Waals surface area (Å²) in [6, 6.07) is 0. The number of carboxylic acids is 1. The molecule has 1 rings (SSSR count). The van der Waals surface area contributed by atoms with Crippen LogP contribution in [0.5, 0.6) is 0 Å². The molecule has 1 saturated carbocycles. The second-order valence-electron chi connectivity index (χ2n) is 5.75. The Morgan fingerprint density at radius 3 is 2.00 bits per heavy atom. The minimum Gasteiger partial charge on any atom is -0.481 e. The van der Waals surface area contributed by atoms with Gasteiger partial charge in [0.2, 0.25) is 5.91 Å². The zero-order valence-electron chi connectivity index (χ0n) is 11.3. The molecular weight excluding hydrogens is 234 g/mol. The first-order valence-corrected chi connectivity index (χ1v) is 6.41. The van der Waals surface area contributed by atoms with Gasteiger partial charge in [0.05, 0.1) is 18.1 Å². The van der Waals surface area contributed by atoms with Gasteiger partial charge >= 0.3 is 5.97 Å². The van der Waals surface area contributed by atoms with E-state index in [4.69, 9.17) is 5.11 Å². The fourth-order valence-corrected chi connectivity index (χ4v) is 2.27. The predicted molar refractivity (Wildman–Crippen MR) is 67.0 cm³/mol. The van der Waals surface area contributed by atoms with E-state index in [0.29, 0.717) is 25.7 Å². The first-order valence-electron chi connectivity index (χ1n) is 6.41. The van der Waals surface area contributed by atoms with Gasteiger partial charge in [-0.1, -0.05) is 0 Å². The maximum absolute atomic E-state index is 12.2. The topological polar surface area (TPSA) is 77.8 Å². The van der Waals surface area contributed by atoms with E-state index < -0.39 is 11.5 Å². The van der Waals surface area contributed by atoms with Crippen molar-refractivity contribution < 1.29 is 19.8 Å². The van der Waals surface area contributed by atoms with Crippen molar-refractivity contribution in [1.82, 2.24) is 4.90 Å². The number of carbonyl (C=O) groups excluding carboxylic acids is 1. The third-order valence-corrected chi connectivity index (χ3v) is 4.05. The van der Waals surface area contributed by atoms with Gasteiger partial charge in [-0.3, -0.25) is 9.59 Å². The van der Waals surface area contributed by atoms with Gasteiger partial charge in [-0.05, 0) is 39.5 Å². The van der Waals surface area contributed by atoms with Gasteiger partial charge in [0.15, 0.2) is 0 Å². The van der Waals surface area contributed by atoms with Crippen molar-refractivity contribution in [2.24, 2.45) is 11.8 Å². The molecule has 0 atom stereocenters. The van der Waals surface area contributed by atoms with E-state index in [1.54, 1.807) is 11.9 Å². The van der Waals surface area contributed by atoms with Crippen LogP contribution in [0.4, 0.5) is 0 Å². The van der Waals surface area contributed by atoms with Gasteiger partial charge in [0, 0.05) is 13.0 Å². The van der Waals surface area contributed by atoms with Crippen LogP contribution in [0, 0.1) is 11.8 Å². The Morgan fingerprint density at radius 1 is 1.17 bits per heavy atom. The highest BCUT2D eigenvalue weighted by Gasteiger charge is 2.35. The maximum Gasteiger partial charge on any atom is 0.306 e. The van der Waals surface area contributed by atoms with E-state index in [0.717, 1.165) is 0 Å². The Balaban J connectivity index is 2.57. The normalized spacial score (nSPS) is 24.7. The van der Waals surface area contributed by atoms with E-state index in [-0.39, 0.29) is 24.3 Å². The quantitative estimate of drug-likeness (QED) is 0.790. The van der Waals surface area contributed by atoms with Gasteiger partial charge in [0.25, 0.3) is 0 Å². The summed E-state index contributed by atoms with van der Waals surface area (Å²) < 4.78 is 0. The number of hydrogen-bond acceptors (Lipinski definition) is 3. The lowest BCUT2D eigenvalue weighted by Crippen LogP contribution is -2.50. The molecule has 0 unspecified atom stereocenters. The van der Waals surface area contributed by atoms with E-state index >= 15 is 0 Å². The van der Waals surface area contributed by atoms with Crippen LogP contribution in [0.3, 0.4) is 0 Å². The largest absolute Gasteiger partial charge is 0.481 e. The summed E-state index contributed by atoms with van der Waals surface area (Å²) in [5.74, 6) is -1.15. The molecule has 0 radical (unpaired) electrons. The summed E-state index contributed by atoms with van der Waals surface area (Å²) in [5.41, 5.74) is -0.569. The summed E-state index contributed by atoms with van der Waals surface area (Å²) in [6.45, 7) is 3.54. The summed E-state index contributed by atoms with van der Waals surface area (Å²) in [7, 11) is 1.70. The molecular formula is C13H23NO4. The SMILES string of the molecule is CN(C(=O)C1CCC(C(=O)O)CC1)C(C)(C)CO. The summed E-state index contributed by atoms with van der Waals surface area (Å²) in [4.78, 5) is 24.7. The van der Waals surface area contributed by atoms with Crippen molar-refractivity contribution in [2.45, 2.75) is 45.1 Å². The molecule has 5 nitrogen and oxygen atoms in total. The Morgan fingerprint density at radius 2 is 1.61 bits per heavy atom. The average molecular weight is 257 g/mol. The van der Waals surface area contributed by atoms with Crippen LogP contribution >= 0.6 is 0 Å². The van der Waals surface area contributed by atoms with Crippen LogP contribution in [-0.4, -0.2) is 46.2 Å². The number of hydrogen-bond donors (Lipinski definition) is 2. The van der Waals surface area contributed by atoms with E-state index in [9.17, 15) is 14.7 Å². The van der Waals surface area contributed by atoms with Crippen molar-refractivity contribution in [3.05, 3.63) is 0 Å². The van der Waals surface area contributed by atoms with Crippen molar-refractivity contribution in [1.29, 1.82) is 0 Å². The van der Waals surface area contributed by atoms with Crippen LogP contribution in [0.25, 0.3) is 0 Å². The molecule has 0 spiro atoms. The second-order valence-corrected chi connectivity index (χ2v) is 5.75. The lowest BCUT2D eigenvalue weighted by atomic mass is 9.81. The lowest BCUT2D eigenvalue weighted by molar-refractivity contribution is -0.147. The number of aliphatic carboxylic acids is 1. The Labute approximate surface area is 108 Å². The lowest BCUT2D eigenvalue weighted by Gasteiger charge is -2.37. The van der Waals surface area contributed by atoms with Crippen LogP contribution in [0.2, 0.25) is 0 Å². The summed E-state index contributed by atoms with van der Waals surface area (Å²) >= 11 is 0. The molecule has 0 saturated heterocycles. The molecule has 18 heavy (non-hydrogen) atoms. The second kappa shape index (κ2) is 5.69. The highest BCUT2D eigenvalue weighted by molar-refractivity contribution is 5.80. The van der Waals surface area contributed by atoms with E-state index in [1.807, 2.05) is 13.8 Å². The van der Waals surface area contributed by atoms with Crippen molar-refractivity contribution >= 4 is 11.9 Å². The van der Waals surface area contributed by atoms with Crippen LogP contribution in [0.15, 0.2) is 0 Å². The van der Waals surface area contributed by atoms with E-state index in [1.165, 1.54) is 0 Å². The number of nitrogens with zero attached hydrogens (tertiary/aromatic N) is 1. The number of aliphatic hydroxyl groups excluding tert-OH is 1. The number of likely N-dealkylation sites (N-methyl/N-ethyl adjacent to an activating group) is 1. The minimum absolute atomic E-state index is 0.0119. The maximum atomic E-state index is 12.2. The van der Waals surface area contributed by atoms with Crippen LogP contribution in [0.1, 0.15) is 39.5 Å². The first kappa shape index (κ1) is 15.0. The molecule has 1 fully saturated rings. The average Bonchev–Trinajstić information content (AvgIpc) is 2.37. The van der Waals surface area contributed by atoms with Crippen LogP contribution in [-0.2, 0) is 9.59 Å². The molecule has 0 aromatic carbocycles. The highest BCUT2D eigenvalue weighted by atomic mass is 16.4. The molecule has 1 amide bonds. The molecule has 1 aliphatic carbocycles. The minimum atomic E-state index is -0.759. The fourth-order valence-electron chi connectivity index (χ4n) is 2.27. The first-order chi connectivity index (χ1) is 8.29. The molecule has 5 heteroatoms. The zero-order valence-corrected chi connectivity index (χ0v) is 11.3. The summed E-state index contributed by atoms with van der Waals surface area (Å²) in [5, 5.41) is 18.2. The van der Waals surface area contributed by atoms with Crippen molar-refractivity contribution in [3.8, 4) is 0 Å². The molecule has 0 aromatic heterocycles. The molecule has 0 heterocycles. The Kier molecular flexibility index (Phi) is 4.73. The molecule has 0 aliphatic heterocycles. The number of carbonyl (C=O) groups is 2. The number of aliphatic hydroxyl groups is 1. The molecule has 2 N–H and O–H groups in total. The van der Waals surface area contributed by atoms with Crippen LogP contribution < -0.4 is 0 Å². The standard InChI is InChI=1S/C13H23NO4/c1-13(2,8-15)14(3)11(16)9-4-6-10(7-5-9)12(17)18/h9-10,15H,4-8H2,1-3H3,(H,17,18). The number of rotatable bonds is 4. The Hall–Kier alpha value is -1.10. The smallest absolute Gasteiger partial charge is 0.306 e. The third kappa shape index (κ3) is 3.22. The third-order valence-electron chi connectivity index (χ3n) is 4.05. The molecule has 0 bridgehead atoms. The van der Waals surface area contributed by atoms with Crippen molar-refractivity contribution in [3.63, 3.8) is 0 Å². The summed E-state index contributed by atoms with van der Waals surface area (Å²) in [6.07, 6.45) is 2.39. The predicted octanol–water partition coefficient (Wildman–Crippen LogP) is 1.11. The number of carboxylic acid groups (broad SMARTS) is 1. The molecule has 104 valence electrons. The van der Waals surface area contributed by atoms with Gasteiger partial charge in [-0.2, -0.15) is 0 Å². The Bertz CT molecular complexity index is 319. The van der Waals surface area contributed by atoms with Gasteiger partial charge in [-0.15, -0.1) is 0 Å². The van der Waals surface area contributed by atoms with Gasteiger partial charge < -0.3 is 15.1 Å². The molecule has 0 aromatic rings. The van der Waals surface area contributed by atoms with Crippen molar-refractivity contribution in [2.75, 3.05) is 13.7 Å². The van der Waals surface area contributed by atoms with Gasteiger partial charge in [-0.25, -0.2) is 0 Å². The van der Waals surface area contributed by atoms with E-state index in [2.05, 4.69) is 0 Å². The van der Waals surface area contributed by atoms with Gasteiger partial charge in [0.1, 0.15) is 0 Å². The highest BCUT2D eigenvalue weighted by Crippen LogP contribution is 2.31. The molecule has 1 aliphatic rings.